The third kappa shape index (κ3) is 2.39. The molecule has 0 amide bonds. The monoisotopic (exact) mass is 243 g/mol. The van der Waals surface area contributed by atoms with E-state index in [0.29, 0.717) is 0 Å². The molecule has 1 saturated heterocycles. The van der Waals surface area contributed by atoms with Gasteiger partial charge in [0, 0.05) is 26.7 Å². The van der Waals surface area contributed by atoms with Crippen LogP contribution in [-0.4, -0.2) is 39.0 Å². The first kappa shape index (κ1) is 11.9. The summed E-state index contributed by atoms with van der Waals surface area (Å²) in [5.41, 5.74) is 1.95. The van der Waals surface area contributed by atoms with Gasteiger partial charge in [-0.1, -0.05) is 11.6 Å². The summed E-state index contributed by atoms with van der Waals surface area (Å²) in [4.78, 5) is 2.31. The number of aryl methyl sites for hydroxylation is 2. The highest BCUT2D eigenvalue weighted by Gasteiger charge is 2.20. The number of hydrogen-bond acceptors (Lipinski definition) is 3. The summed E-state index contributed by atoms with van der Waals surface area (Å²) in [5.74, 6) is 0. The summed E-state index contributed by atoms with van der Waals surface area (Å²) in [6.07, 6.45) is 1.59. The number of piperidine rings is 1. The summed E-state index contributed by atoms with van der Waals surface area (Å²) < 4.78 is 1.85. The van der Waals surface area contributed by atoms with Crippen molar-refractivity contribution in [1.29, 1.82) is 0 Å². The van der Waals surface area contributed by atoms with E-state index in [-0.39, 0.29) is 6.10 Å². The summed E-state index contributed by atoms with van der Waals surface area (Å²) in [6, 6.07) is 0. The summed E-state index contributed by atoms with van der Waals surface area (Å²) in [7, 11) is 1.92. The van der Waals surface area contributed by atoms with E-state index < -0.39 is 0 Å². The van der Waals surface area contributed by atoms with E-state index >= 15 is 0 Å². The molecule has 1 aromatic rings. The molecule has 0 atom stereocenters. The van der Waals surface area contributed by atoms with Crippen LogP contribution in [0.25, 0.3) is 0 Å². The minimum atomic E-state index is -0.125. The molecule has 0 spiro atoms. The van der Waals surface area contributed by atoms with Crippen LogP contribution in [0.2, 0.25) is 5.02 Å². The molecule has 0 unspecified atom stereocenters. The van der Waals surface area contributed by atoms with Gasteiger partial charge in [0.05, 0.1) is 22.5 Å². The lowest BCUT2D eigenvalue weighted by molar-refractivity contribution is 0.0781. The average Bonchev–Trinajstić information content (AvgIpc) is 2.48. The van der Waals surface area contributed by atoms with Crippen molar-refractivity contribution in [3.8, 4) is 0 Å². The number of aromatic nitrogens is 2. The van der Waals surface area contributed by atoms with Crippen LogP contribution in [0.4, 0.5) is 0 Å². The van der Waals surface area contributed by atoms with Crippen LogP contribution < -0.4 is 0 Å². The molecule has 0 bridgehead atoms. The van der Waals surface area contributed by atoms with Gasteiger partial charge in [0.25, 0.3) is 0 Å². The van der Waals surface area contributed by atoms with Crippen LogP contribution in [0.3, 0.4) is 0 Å². The van der Waals surface area contributed by atoms with Gasteiger partial charge in [0.2, 0.25) is 0 Å². The zero-order valence-corrected chi connectivity index (χ0v) is 10.5. The lowest BCUT2D eigenvalue weighted by Crippen LogP contribution is -2.35. The Morgan fingerprint density at radius 1 is 1.44 bits per heavy atom. The van der Waals surface area contributed by atoms with Crippen molar-refractivity contribution in [2.75, 3.05) is 13.1 Å². The Balaban J connectivity index is 2.03. The van der Waals surface area contributed by atoms with Crippen LogP contribution >= 0.6 is 11.6 Å². The van der Waals surface area contributed by atoms with E-state index in [2.05, 4.69) is 10.00 Å². The van der Waals surface area contributed by atoms with Crippen LogP contribution in [0.15, 0.2) is 0 Å². The minimum absolute atomic E-state index is 0.125. The molecule has 0 saturated carbocycles. The first-order chi connectivity index (χ1) is 7.58. The number of aliphatic hydroxyl groups excluding tert-OH is 1. The number of aliphatic hydroxyl groups is 1. The first-order valence-corrected chi connectivity index (χ1v) is 6.04. The molecule has 0 aromatic carbocycles. The summed E-state index contributed by atoms with van der Waals surface area (Å²) in [5, 5.41) is 14.5. The van der Waals surface area contributed by atoms with Gasteiger partial charge in [-0.2, -0.15) is 5.10 Å². The van der Waals surface area contributed by atoms with Crippen molar-refractivity contribution in [2.24, 2.45) is 7.05 Å². The van der Waals surface area contributed by atoms with E-state index in [4.69, 9.17) is 11.6 Å². The van der Waals surface area contributed by atoms with E-state index in [1.54, 1.807) is 0 Å². The van der Waals surface area contributed by atoms with Gasteiger partial charge in [0.15, 0.2) is 0 Å². The molecule has 1 N–H and O–H groups in total. The highest BCUT2D eigenvalue weighted by molar-refractivity contribution is 6.31. The largest absolute Gasteiger partial charge is 0.393 e. The topological polar surface area (TPSA) is 41.3 Å². The Morgan fingerprint density at radius 2 is 2.06 bits per heavy atom. The summed E-state index contributed by atoms with van der Waals surface area (Å²) in [6.45, 7) is 4.61. The van der Waals surface area contributed by atoms with Gasteiger partial charge in [-0.05, 0) is 19.8 Å². The third-order valence-corrected chi connectivity index (χ3v) is 3.68. The van der Waals surface area contributed by atoms with Gasteiger partial charge < -0.3 is 5.11 Å². The standard InChI is InChI=1S/C11H18ClN3O/c1-8-11(12)10(14(2)13-8)7-15-5-3-9(16)4-6-15/h9,16H,3-7H2,1-2H3. The molecule has 16 heavy (non-hydrogen) atoms. The second-order valence-electron chi connectivity index (χ2n) is 4.48. The zero-order valence-electron chi connectivity index (χ0n) is 9.78. The Morgan fingerprint density at radius 3 is 2.56 bits per heavy atom. The Labute approximate surface area is 101 Å². The third-order valence-electron chi connectivity index (χ3n) is 3.19. The van der Waals surface area contributed by atoms with Crippen LogP contribution in [0.5, 0.6) is 0 Å². The molecule has 90 valence electrons. The lowest BCUT2D eigenvalue weighted by Gasteiger charge is -2.29. The fourth-order valence-electron chi connectivity index (χ4n) is 2.14. The second kappa shape index (κ2) is 4.73. The van der Waals surface area contributed by atoms with Crippen molar-refractivity contribution in [1.82, 2.24) is 14.7 Å². The highest BCUT2D eigenvalue weighted by Crippen LogP contribution is 2.22. The smallest absolute Gasteiger partial charge is 0.0860 e. The van der Waals surface area contributed by atoms with Crippen LogP contribution in [0, 0.1) is 6.92 Å². The van der Waals surface area contributed by atoms with Gasteiger partial charge in [-0.25, -0.2) is 0 Å². The van der Waals surface area contributed by atoms with E-state index in [9.17, 15) is 5.11 Å². The predicted octanol–water partition coefficient (Wildman–Crippen LogP) is 1.34. The predicted molar refractivity (Wildman–Crippen MR) is 63.5 cm³/mol. The molecule has 1 aliphatic heterocycles. The lowest BCUT2D eigenvalue weighted by atomic mass is 10.1. The molecule has 0 radical (unpaired) electrons. The minimum Gasteiger partial charge on any atom is -0.393 e. The number of rotatable bonds is 2. The normalized spacial score (nSPS) is 19.2. The van der Waals surface area contributed by atoms with Crippen molar-refractivity contribution < 1.29 is 5.11 Å². The Bertz CT molecular complexity index is 370. The van der Waals surface area contributed by atoms with E-state index in [1.807, 2.05) is 18.7 Å². The van der Waals surface area contributed by atoms with Crippen molar-refractivity contribution >= 4 is 11.6 Å². The molecular weight excluding hydrogens is 226 g/mol. The maximum atomic E-state index is 9.44. The van der Waals surface area contributed by atoms with Gasteiger partial charge in [-0.3, -0.25) is 9.58 Å². The molecule has 1 fully saturated rings. The molecule has 1 aromatic heterocycles. The Kier molecular flexibility index (Phi) is 3.52. The Hall–Kier alpha value is -0.580. The number of hydrogen-bond donors (Lipinski definition) is 1. The number of nitrogens with zero attached hydrogens (tertiary/aromatic N) is 3. The number of halogens is 1. The molecule has 2 rings (SSSR count). The van der Waals surface area contributed by atoms with Crippen molar-refractivity contribution in [2.45, 2.75) is 32.4 Å². The number of likely N-dealkylation sites (tertiary alicyclic amines) is 1. The van der Waals surface area contributed by atoms with Gasteiger partial charge in [-0.15, -0.1) is 0 Å². The first-order valence-electron chi connectivity index (χ1n) is 5.66. The van der Waals surface area contributed by atoms with Crippen molar-refractivity contribution in [3.63, 3.8) is 0 Å². The maximum Gasteiger partial charge on any atom is 0.0860 e. The maximum absolute atomic E-state index is 9.44. The average molecular weight is 244 g/mol. The van der Waals surface area contributed by atoms with Gasteiger partial charge in [0.1, 0.15) is 0 Å². The SMILES string of the molecule is Cc1nn(C)c(CN2CCC(O)CC2)c1Cl. The highest BCUT2D eigenvalue weighted by atomic mass is 35.5. The summed E-state index contributed by atoms with van der Waals surface area (Å²) >= 11 is 6.20. The van der Waals surface area contributed by atoms with E-state index in [0.717, 1.165) is 48.9 Å². The van der Waals surface area contributed by atoms with E-state index in [1.165, 1.54) is 0 Å². The fraction of sp³-hybridized carbons (Fsp3) is 0.727. The van der Waals surface area contributed by atoms with Gasteiger partial charge >= 0.3 is 0 Å². The van der Waals surface area contributed by atoms with Crippen molar-refractivity contribution in [3.05, 3.63) is 16.4 Å². The second-order valence-corrected chi connectivity index (χ2v) is 4.85. The molecular formula is C11H18ClN3O. The molecule has 1 aliphatic rings. The molecule has 4 nitrogen and oxygen atoms in total. The quantitative estimate of drug-likeness (QED) is 0.852. The van der Waals surface area contributed by atoms with Crippen LogP contribution in [-0.2, 0) is 13.6 Å². The molecule has 0 aliphatic carbocycles. The van der Waals surface area contributed by atoms with Crippen LogP contribution in [0.1, 0.15) is 24.2 Å². The molecule has 2 heterocycles. The fourth-order valence-corrected chi connectivity index (χ4v) is 2.36. The molecule has 5 heteroatoms. The zero-order chi connectivity index (χ0) is 11.7.